The van der Waals surface area contributed by atoms with E-state index in [1.165, 1.54) is 31.2 Å². The first-order chi connectivity index (χ1) is 16.9. The minimum absolute atomic E-state index is 0.190. The summed E-state index contributed by atoms with van der Waals surface area (Å²) in [4.78, 5) is 24.8. The van der Waals surface area contributed by atoms with Gasteiger partial charge in [-0.25, -0.2) is 4.79 Å². The maximum atomic E-state index is 13.0. The molecular formula is C25H28O10S. The molecule has 194 valence electrons. The number of epoxide rings is 1. The first-order valence-electron chi connectivity index (χ1n) is 11.7. The summed E-state index contributed by atoms with van der Waals surface area (Å²) in [5.41, 5.74) is -1.91. The summed E-state index contributed by atoms with van der Waals surface area (Å²) in [6.07, 6.45) is -2.48. The van der Waals surface area contributed by atoms with E-state index < -0.39 is 69.2 Å². The number of rotatable bonds is 5. The molecule has 4 aliphatic rings. The summed E-state index contributed by atoms with van der Waals surface area (Å²) >= 11 is 0. The lowest BCUT2D eigenvalue weighted by molar-refractivity contribution is -0.261. The van der Waals surface area contributed by atoms with Crippen molar-refractivity contribution >= 4 is 27.6 Å². The fraction of sp³-hybridized carbons (Fsp3) is 0.560. The van der Waals surface area contributed by atoms with Gasteiger partial charge in [0.1, 0.15) is 30.5 Å². The van der Waals surface area contributed by atoms with Gasteiger partial charge in [0.05, 0.1) is 35.2 Å². The first-order valence-corrected chi connectivity index (χ1v) is 12.8. The average molecular weight is 521 g/mol. The molecule has 1 aromatic rings. The maximum absolute atomic E-state index is 13.0. The molecule has 0 aromatic heterocycles. The number of hydrogen-bond donors (Lipinski definition) is 2. The highest BCUT2D eigenvalue weighted by Gasteiger charge is 2.84. The lowest BCUT2D eigenvalue weighted by atomic mass is 9.50. The van der Waals surface area contributed by atoms with Crippen LogP contribution in [-0.2, 0) is 34.0 Å². The van der Waals surface area contributed by atoms with Crippen LogP contribution in [0.25, 0.3) is 0 Å². The number of benzene rings is 1. The molecule has 1 aromatic carbocycles. The van der Waals surface area contributed by atoms with Gasteiger partial charge in [-0.05, 0) is 36.6 Å². The van der Waals surface area contributed by atoms with Crippen LogP contribution in [0.15, 0.2) is 35.9 Å². The standard InChI is InChI=1S/C25H28O10S/c1-13-8-18-24(20(28)19(13)27,11-32-22(29)16-6-4-15(5-7-16)10-36(30)31)23(3)9-17(34-14(2)26)21(35-18)25(23)12-33-25/h4-8,10,17-21,27-28H,9,11-12H2,1-3H3/t17-,18-,19-,20-,21-,23-,24-,25+/m1/s1. The summed E-state index contributed by atoms with van der Waals surface area (Å²) in [6.45, 7) is 4.93. The van der Waals surface area contributed by atoms with Gasteiger partial charge < -0.3 is 29.2 Å². The molecule has 2 aliphatic carbocycles. The SMILES string of the molecule is CC(=O)O[C@@H]1C[C@]2(C)[C@@]3(COC(=O)c4ccc(C=S(=O)=O)cc4)[C@H](O)[C@H](O)C(C)=C[C@H]3O[C@H]1[C@@]21CO1. The molecular weight excluding hydrogens is 492 g/mol. The van der Waals surface area contributed by atoms with Crippen molar-refractivity contribution in [3.63, 3.8) is 0 Å². The highest BCUT2D eigenvalue weighted by atomic mass is 32.2. The van der Waals surface area contributed by atoms with Crippen LogP contribution >= 0.6 is 0 Å². The molecule has 2 bridgehead atoms. The number of carbonyl (C=O) groups excluding carboxylic acids is 2. The van der Waals surface area contributed by atoms with Crippen molar-refractivity contribution < 1.29 is 47.2 Å². The molecule has 8 atom stereocenters. The smallest absolute Gasteiger partial charge is 0.338 e. The molecule has 2 aliphatic heterocycles. The van der Waals surface area contributed by atoms with Gasteiger partial charge >= 0.3 is 11.9 Å². The van der Waals surface area contributed by atoms with E-state index in [4.69, 9.17) is 18.9 Å². The lowest BCUT2D eigenvalue weighted by Gasteiger charge is -2.59. The van der Waals surface area contributed by atoms with Crippen molar-refractivity contribution in [2.45, 2.75) is 63.3 Å². The Morgan fingerprint density at radius 3 is 2.47 bits per heavy atom. The first kappa shape index (κ1) is 25.1. The van der Waals surface area contributed by atoms with Gasteiger partial charge in [-0.2, -0.15) is 8.42 Å². The van der Waals surface area contributed by atoms with Gasteiger partial charge in [0.25, 0.3) is 0 Å². The maximum Gasteiger partial charge on any atom is 0.338 e. The van der Waals surface area contributed by atoms with E-state index in [0.29, 0.717) is 24.2 Å². The molecule has 0 radical (unpaired) electrons. The number of aliphatic hydroxyl groups is 2. The lowest BCUT2D eigenvalue weighted by Crippen LogP contribution is -2.71. The summed E-state index contributed by atoms with van der Waals surface area (Å²) in [5, 5.41) is 23.4. The number of hydrogen-bond acceptors (Lipinski definition) is 10. The number of ether oxygens (including phenoxy) is 4. The minimum atomic E-state index is -2.38. The number of aliphatic hydroxyl groups excluding tert-OH is 2. The predicted octanol–water partition coefficient (Wildman–Crippen LogP) is 0.419. The Kier molecular flexibility index (Phi) is 5.92. The van der Waals surface area contributed by atoms with Crippen LogP contribution in [0.3, 0.4) is 0 Å². The summed E-state index contributed by atoms with van der Waals surface area (Å²) in [6, 6.07) is 5.84. The van der Waals surface area contributed by atoms with Crippen molar-refractivity contribution in [1.82, 2.24) is 0 Å². The Morgan fingerprint density at radius 1 is 1.22 bits per heavy atom. The third kappa shape index (κ3) is 3.48. The van der Waals surface area contributed by atoms with Crippen LogP contribution in [-0.4, -0.2) is 85.3 Å². The van der Waals surface area contributed by atoms with E-state index in [0.717, 1.165) is 5.37 Å². The molecule has 2 heterocycles. The van der Waals surface area contributed by atoms with E-state index in [9.17, 15) is 28.2 Å². The second-order valence-electron chi connectivity index (χ2n) is 10.3. The molecule has 3 fully saturated rings. The topological polar surface area (TPSA) is 149 Å². The third-order valence-corrected chi connectivity index (χ3v) is 8.93. The molecule has 5 rings (SSSR count). The van der Waals surface area contributed by atoms with E-state index in [1.54, 1.807) is 13.0 Å². The van der Waals surface area contributed by atoms with Crippen LogP contribution in [0.5, 0.6) is 0 Å². The van der Waals surface area contributed by atoms with Gasteiger partial charge in [0.15, 0.2) is 0 Å². The van der Waals surface area contributed by atoms with Crippen LogP contribution in [0.1, 0.15) is 43.1 Å². The molecule has 11 heteroatoms. The fourth-order valence-electron chi connectivity index (χ4n) is 6.50. The van der Waals surface area contributed by atoms with E-state index in [1.807, 2.05) is 6.92 Å². The van der Waals surface area contributed by atoms with Gasteiger partial charge in [0.2, 0.25) is 10.3 Å². The molecule has 0 amide bonds. The molecule has 0 unspecified atom stereocenters. The normalized spacial score (nSPS) is 40.1. The second kappa shape index (κ2) is 8.49. The molecule has 2 saturated heterocycles. The van der Waals surface area contributed by atoms with Gasteiger partial charge in [-0.1, -0.05) is 25.1 Å². The third-order valence-electron chi connectivity index (χ3n) is 8.47. The minimum Gasteiger partial charge on any atom is -0.461 e. The Hall–Kier alpha value is -2.57. The van der Waals surface area contributed by atoms with Crippen LogP contribution in [0.2, 0.25) is 0 Å². The van der Waals surface area contributed by atoms with Gasteiger partial charge in [-0.15, -0.1) is 0 Å². The van der Waals surface area contributed by atoms with Crippen molar-refractivity contribution in [3.8, 4) is 0 Å². The zero-order valence-corrected chi connectivity index (χ0v) is 20.9. The molecule has 2 N–H and O–H groups in total. The highest BCUT2D eigenvalue weighted by Crippen LogP contribution is 2.71. The van der Waals surface area contributed by atoms with Crippen molar-refractivity contribution in [1.29, 1.82) is 0 Å². The number of fused-ring (bicyclic) bond motifs is 2. The molecule has 36 heavy (non-hydrogen) atoms. The predicted molar refractivity (Wildman–Crippen MR) is 125 cm³/mol. The van der Waals surface area contributed by atoms with Crippen molar-refractivity contribution in [2.24, 2.45) is 10.8 Å². The number of esters is 2. The molecule has 1 saturated carbocycles. The quantitative estimate of drug-likeness (QED) is 0.242. The molecule has 10 nitrogen and oxygen atoms in total. The Labute approximate surface area is 209 Å². The van der Waals surface area contributed by atoms with Crippen molar-refractivity contribution in [2.75, 3.05) is 13.2 Å². The van der Waals surface area contributed by atoms with Gasteiger partial charge in [0, 0.05) is 12.3 Å². The van der Waals surface area contributed by atoms with Crippen LogP contribution in [0.4, 0.5) is 0 Å². The zero-order valence-electron chi connectivity index (χ0n) is 20.0. The molecule has 1 spiro atoms. The Morgan fingerprint density at radius 2 is 1.89 bits per heavy atom. The number of carbonyl (C=O) groups is 2. The van der Waals surface area contributed by atoms with Crippen LogP contribution in [0, 0.1) is 10.8 Å². The summed E-state index contributed by atoms with van der Waals surface area (Å²) in [5.74, 6) is -1.15. The summed E-state index contributed by atoms with van der Waals surface area (Å²) < 4.78 is 45.4. The van der Waals surface area contributed by atoms with Gasteiger partial charge in [-0.3, -0.25) is 4.79 Å². The fourth-order valence-corrected chi connectivity index (χ4v) is 6.88. The van der Waals surface area contributed by atoms with Crippen LogP contribution < -0.4 is 0 Å². The van der Waals surface area contributed by atoms with Crippen molar-refractivity contribution in [3.05, 3.63) is 47.0 Å². The summed E-state index contributed by atoms with van der Waals surface area (Å²) in [7, 11) is -2.38. The van der Waals surface area contributed by atoms with E-state index in [-0.39, 0.29) is 12.2 Å². The second-order valence-corrected chi connectivity index (χ2v) is 11.0. The zero-order chi connectivity index (χ0) is 26.0. The van der Waals surface area contributed by atoms with E-state index >= 15 is 0 Å². The highest BCUT2D eigenvalue weighted by molar-refractivity contribution is 7.71. The Balaban J connectivity index is 1.50. The largest absolute Gasteiger partial charge is 0.461 e. The van der Waals surface area contributed by atoms with E-state index in [2.05, 4.69) is 0 Å². The Bertz CT molecular complexity index is 1260. The average Bonchev–Trinajstić information content (AvgIpc) is 3.58. The monoisotopic (exact) mass is 520 g/mol.